The van der Waals surface area contributed by atoms with E-state index in [9.17, 15) is 9.18 Å². The number of ketones is 1. The number of hydrogen-bond donors (Lipinski definition) is 0. The van der Waals surface area contributed by atoms with Gasteiger partial charge in [0.15, 0.2) is 0 Å². The quantitative estimate of drug-likeness (QED) is 0.362. The van der Waals surface area contributed by atoms with Crippen LogP contribution in [-0.4, -0.2) is 47.7 Å². The van der Waals surface area contributed by atoms with E-state index >= 15 is 0 Å². The number of hydrogen-bond acceptors (Lipinski definition) is 6. The fourth-order valence-corrected chi connectivity index (χ4v) is 4.87. The fraction of sp³-hybridized carbons (Fsp3) is 0.407. The average Bonchev–Trinajstić information content (AvgIpc) is 3.22. The SMILES string of the molecule is Cc1oc(-c2ccc(CN3CCOCC3)cc2)nc1CSCC(=O)CCCc1ccc(F)cc1. The summed E-state index contributed by atoms with van der Waals surface area (Å²) in [5, 5.41) is 0. The second kappa shape index (κ2) is 12.3. The van der Waals surface area contributed by atoms with Gasteiger partial charge in [-0.3, -0.25) is 9.69 Å². The molecule has 1 aromatic heterocycles. The molecule has 1 fully saturated rings. The third-order valence-electron chi connectivity index (χ3n) is 5.94. The van der Waals surface area contributed by atoms with Crippen molar-refractivity contribution in [2.24, 2.45) is 0 Å². The summed E-state index contributed by atoms with van der Waals surface area (Å²) in [5.41, 5.74) is 4.17. The van der Waals surface area contributed by atoms with Gasteiger partial charge in [-0.15, -0.1) is 11.8 Å². The molecule has 0 atom stereocenters. The van der Waals surface area contributed by atoms with Crippen LogP contribution < -0.4 is 0 Å². The highest BCUT2D eigenvalue weighted by Gasteiger charge is 2.14. The summed E-state index contributed by atoms with van der Waals surface area (Å²) >= 11 is 1.57. The van der Waals surface area contributed by atoms with Gasteiger partial charge in [0.25, 0.3) is 0 Å². The normalized spacial score (nSPS) is 14.4. The lowest BCUT2D eigenvalue weighted by Crippen LogP contribution is -2.35. The van der Waals surface area contributed by atoms with E-state index in [2.05, 4.69) is 34.1 Å². The first-order chi connectivity index (χ1) is 16.6. The predicted octanol–water partition coefficient (Wildman–Crippen LogP) is 5.45. The Kier molecular flexibility index (Phi) is 8.91. The number of morpholine rings is 1. The predicted molar refractivity (Wildman–Crippen MR) is 133 cm³/mol. The molecular formula is C27H31FN2O3S. The van der Waals surface area contributed by atoms with E-state index < -0.39 is 0 Å². The van der Waals surface area contributed by atoms with Gasteiger partial charge in [0, 0.05) is 37.4 Å². The molecule has 34 heavy (non-hydrogen) atoms. The van der Waals surface area contributed by atoms with Gasteiger partial charge in [-0.05, 0) is 55.2 Å². The number of carbonyl (C=O) groups excluding carboxylic acids is 1. The van der Waals surface area contributed by atoms with Crippen LogP contribution in [0.2, 0.25) is 0 Å². The third-order valence-corrected chi connectivity index (χ3v) is 6.94. The summed E-state index contributed by atoms with van der Waals surface area (Å²) in [7, 11) is 0. The number of halogens is 1. The lowest BCUT2D eigenvalue weighted by atomic mass is 10.1. The fourth-order valence-electron chi connectivity index (χ4n) is 3.93. The third kappa shape index (κ3) is 7.26. The van der Waals surface area contributed by atoms with Crippen LogP contribution in [0.1, 0.15) is 35.4 Å². The highest BCUT2D eigenvalue weighted by atomic mass is 32.2. The Bertz CT molecular complexity index is 1060. The van der Waals surface area contributed by atoms with Crippen LogP contribution >= 0.6 is 11.8 Å². The maximum absolute atomic E-state index is 13.0. The van der Waals surface area contributed by atoms with Gasteiger partial charge in [-0.2, -0.15) is 0 Å². The number of aryl methyl sites for hydroxylation is 2. The van der Waals surface area contributed by atoms with Gasteiger partial charge < -0.3 is 9.15 Å². The molecule has 0 saturated carbocycles. The minimum Gasteiger partial charge on any atom is -0.441 e. The molecule has 4 rings (SSSR count). The molecule has 7 heteroatoms. The molecule has 0 unspecified atom stereocenters. The summed E-state index contributed by atoms with van der Waals surface area (Å²) in [6.45, 7) is 6.39. The molecule has 1 saturated heterocycles. The van der Waals surface area contributed by atoms with Gasteiger partial charge in [0.1, 0.15) is 17.4 Å². The van der Waals surface area contributed by atoms with Crippen molar-refractivity contribution in [2.75, 3.05) is 32.1 Å². The van der Waals surface area contributed by atoms with Gasteiger partial charge in [0.2, 0.25) is 5.89 Å². The number of Topliss-reactive ketones (excluding diaryl/α,β-unsaturated/α-hetero) is 1. The molecule has 5 nitrogen and oxygen atoms in total. The number of nitrogens with zero attached hydrogens (tertiary/aromatic N) is 2. The second-order valence-corrected chi connectivity index (χ2v) is 9.60. The number of benzene rings is 2. The molecule has 0 radical (unpaired) electrons. The zero-order chi connectivity index (χ0) is 23.8. The summed E-state index contributed by atoms with van der Waals surface area (Å²) in [6, 6.07) is 14.8. The number of thioether (sulfide) groups is 1. The van der Waals surface area contributed by atoms with Gasteiger partial charge in [-0.25, -0.2) is 9.37 Å². The van der Waals surface area contributed by atoms with Crippen molar-refractivity contribution in [1.82, 2.24) is 9.88 Å². The zero-order valence-corrected chi connectivity index (χ0v) is 20.4. The van der Waals surface area contributed by atoms with E-state index in [4.69, 9.17) is 9.15 Å². The van der Waals surface area contributed by atoms with Crippen molar-refractivity contribution in [1.29, 1.82) is 0 Å². The number of aromatic nitrogens is 1. The minimum atomic E-state index is -0.233. The highest BCUT2D eigenvalue weighted by Crippen LogP contribution is 2.25. The van der Waals surface area contributed by atoms with E-state index in [1.807, 2.05) is 6.92 Å². The first kappa shape index (κ1) is 24.6. The Morgan fingerprint density at radius 2 is 1.76 bits per heavy atom. The van der Waals surface area contributed by atoms with Crippen LogP contribution in [0.3, 0.4) is 0 Å². The van der Waals surface area contributed by atoms with E-state index in [0.29, 0.717) is 23.8 Å². The van der Waals surface area contributed by atoms with Crippen molar-refractivity contribution in [3.05, 3.63) is 76.9 Å². The molecule has 3 aromatic rings. The Morgan fingerprint density at radius 1 is 1.06 bits per heavy atom. The van der Waals surface area contributed by atoms with Crippen molar-refractivity contribution in [2.45, 2.75) is 38.5 Å². The summed E-state index contributed by atoms with van der Waals surface area (Å²) < 4.78 is 24.3. The van der Waals surface area contributed by atoms with Crippen LogP contribution in [0.15, 0.2) is 52.9 Å². The molecule has 1 aliphatic heterocycles. The maximum Gasteiger partial charge on any atom is 0.226 e. The molecule has 2 aromatic carbocycles. The summed E-state index contributed by atoms with van der Waals surface area (Å²) in [6.07, 6.45) is 2.09. The van der Waals surface area contributed by atoms with Crippen LogP contribution in [0.4, 0.5) is 4.39 Å². The Morgan fingerprint density at radius 3 is 2.50 bits per heavy atom. The maximum atomic E-state index is 13.0. The van der Waals surface area contributed by atoms with Crippen LogP contribution in [0, 0.1) is 12.7 Å². The van der Waals surface area contributed by atoms with E-state index in [-0.39, 0.29) is 11.6 Å². The van der Waals surface area contributed by atoms with E-state index in [1.54, 1.807) is 23.9 Å². The molecule has 0 amide bonds. The minimum absolute atomic E-state index is 0.226. The molecule has 0 bridgehead atoms. The van der Waals surface area contributed by atoms with Crippen molar-refractivity contribution in [3.63, 3.8) is 0 Å². The first-order valence-electron chi connectivity index (χ1n) is 11.8. The number of ether oxygens (including phenoxy) is 1. The monoisotopic (exact) mass is 482 g/mol. The molecule has 180 valence electrons. The van der Waals surface area contributed by atoms with Gasteiger partial charge in [-0.1, -0.05) is 24.3 Å². The van der Waals surface area contributed by atoms with E-state index in [0.717, 1.165) is 68.3 Å². The first-order valence-corrected chi connectivity index (χ1v) is 12.9. The number of carbonyl (C=O) groups is 1. The largest absolute Gasteiger partial charge is 0.441 e. The lowest BCUT2D eigenvalue weighted by Gasteiger charge is -2.26. The standard InChI is InChI=1S/C27H31FN2O3S/c1-20-26(19-34-18-25(31)4-2-3-21-7-11-24(28)12-8-21)29-27(33-20)23-9-5-22(6-10-23)17-30-13-15-32-16-14-30/h5-12H,2-4,13-19H2,1H3. The summed E-state index contributed by atoms with van der Waals surface area (Å²) in [5.74, 6) is 2.52. The number of rotatable bonds is 11. The highest BCUT2D eigenvalue weighted by molar-refractivity contribution is 7.99. The molecule has 0 aliphatic carbocycles. The second-order valence-electron chi connectivity index (χ2n) is 8.62. The molecule has 0 N–H and O–H groups in total. The van der Waals surface area contributed by atoms with Crippen molar-refractivity contribution < 1.29 is 18.3 Å². The summed E-state index contributed by atoms with van der Waals surface area (Å²) in [4.78, 5) is 19.3. The van der Waals surface area contributed by atoms with Gasteiger partial charge >= 0.3 is 0 Å². The van der Waals surface area contributed by atoms with Crippen LogP contribution in [-0.2, 0) is 28.2 Å². The van der Waals surface area contributed by atoms with Crippen LogP contribution in [0.25, 0.3) is 11.5 Å². The number of oxazole rings is 1. The smallest absolute Gasteiger partial charge is 0.226 e. The van der Waals surface area contributed by atoms with Crippen molar-refractivity contribution in [3.8, 4) is 11.5 Å². The van der Waals surface area contributed by atoms with Gasteiger partial charge in [0.05, 0.1) is 24.7 Å². The lowest BCUT2D eigenvalue weighted by molar-refractivity contribution is -0.116. The topological polar surface area (TPSA) is 55.6 Å². The Balaban J connectivity index is 1.21. The zero-order valence-electron chi connectivity index (χ0n) is 19.6. The molecular weight excluding hydrogens is 451 g/mol. The Hall–Kier alpha value is -2.48. The molecule has 2 heterocycles. The van der Waals surface area contributed by atoms with Crippen molar-refractivity contribution >= 4 is 17.5 Å². The Labute approximate surface area is 204 Å². The average molecular weight is 483 g/mol. The molecule has 1 aliphatic rings. The van der Waals surface area contributed by atoms with Crippen LogP contribution in [0.5, 0.6) is 0 Å². The molecule has 0 spiro atoms. The van der Waals surface area contributed by atoms with E-state index in [1.165, 1.54) is 17.7 Å².